The van der Waals surface area contributed by atoms with Crippen LogP contribution in [0.1, 0.15) is 24.0 Å². The molecule has 0 unspecified atom stereocenters. The molecule has 5 heteroatoms. The minimum atomic E-state index is -0.174. The predicted molar refractivity (Wildman–Crippen MR) is 101 cm³/mol. The van der Waals surface area contributed by atoms with Crippen molar-refractivity contribution < 1.29 is 13.9 Å². The molecule has 0 aliphatic heterocycles. The van der Waals surface area contributed by atoms with E-state index in [0.29, 0.717) is 37.3 Å². The maximum atomic E-state index is 13.4. The number of rotatable bonds is 10. The van der Waals surface area contributed by atoms with Gasteiger partial charge in [0.1, 0.15) is 11.6 Å². The normalized spacial score (nSPS) is 10.5. The van der Waals surface area contributed by atoms with E-state index >= 15 is 0 Å². The third-order valence-corrected chi connectivity index (χ3v) is 4.63. The number of nitrogens with one attached hydrogen (secondary N) is 1. The number of carbonyl (C=O) groups excluding carboxylic acids is 1. The number of benzene rings is 2. The summed E-state index contributed by atoms with van der Waals surface area (Å²) in [6, 6.07) is 14.6. The van der Waals surface area contributed by atoms with Crippen molar-refractivity contribution in [3.05, 3.63) is 65.5 Å². The fourth-order valence-corrected chi connectivity index (χ4v) is 3.05. The summed E-state index contributed by atoms with van der Waals surface area (Å²) in [5, 5.41) is 2.88. The van der Waals surface area contributed by atoms with Crippen molar-refractivity contribution in [3.63, 3.8) is 0 Å². The first kappa shape index (κ1) is 19.3. The summed E-state index contributed by atoms with van der Waals surface area (Å²) >= 11 is 1.61. The van der Waals surface area contributed by atoms with Gasteiger partial charge < -0.3 is 10.1 Å². The minimum Gasteiger partial charge on any atom is -0.494 e. The van der Waals surface area contributed by atoms with Gasteiger partial charge >= 0.3 is 0 Å². The Morgan fingerprint density at radius 1 is 1.16 bits per heavy atom. The number of hydrogen-bond acceptors (Lipinski definition) is 3. The Hall–Kier alpha value is -2.01. The van der Waals surface area contributed by atoms with Crippen molar-refractivity contribution in [3.8, 4) is 5.75 Å². The summed E-state index contributed by atoms with van der Waals surface area (Å²) < 4.78 is 19.0. The third kappa shape index (κ3) is 7.61. The molecule has 0 aliphatic carbocycles. The zero-order valence-electron chi connectivity index (χ0n) is 14.5. The first-order valence-corrected chi connectivity index (χ1v) is 9.58. The zero-order valence-corrected chi connectivity index (χ0v) is 15.3. The van der Waals surface area contributed by atoms with Crippen LogP contribution >= 0.6 is 11.8 Å². The molecule has 0 saturated carbocycles. The van der Waals surface area contributed by atoms with E-state index < -0.39 is 0 Å². The Morgan fingerprint density at radius 3 is 2.68 bits per heavy atom. The van der Waals surface area contributed by atoms with Crippen LogP contribution in [0.4, 0.5) is 4.39 Å². The van der Waals surface area contributed by atoms with Crippen LogP contribution in [0, 0.1) is 12.7 Å². The van der Waals surface area contributed by atoms with E-state index in [4.69, 9.17) is 4.74 Å². The number of aryl methyl sites for hydroxylation is 1. The van der Waals surface area contributed by atoms with Crippen molar-refractivity contribution >= 4 is 17.7 Å². The van der Waals surface area contributed by atoms with Gasteiger partial charge in [0, 0.05) is 24.5 Å². The number of carbonyl (C=O) groups is 1. The van der Waals surface area contributed by atoms with Crippen LogP contribution in [0.2, 0.25) is 0 Å². The molecule has 0 radical (unpaired) electrons. The predicted octanol–water partition coefficient (Wildman–Crippen LogP) is 4.34. The van der Waals surface area contributed by atoms with Gasteiger partial charge in [-0.05, 0) is 37.1 Å². The molecule has 0 spiro atoms. The molecule has 3 nitrogen and oxygen atoms in total. The second kappa shape index (κ2) is 10.8. The van der Waals surface area contributed by atoms with E-state index in [-0.39, 0.29) is 11.7 Å². The number of hydrogen-bond donors (Lipinski definition) is 1. The molecule has 0 atom stereocenters. The summed E-state index contributed by atoms with van der Waals surface area (Å²) in [7, 11) is 0. The van der Waals surface area contributed by atoms with Gasteiger partial charge in [0.2, 0.25) is 5.91 Å². The van der Waals surface area contributed by atoms with Crippen LogP contribution < -0.4 is 10.1 Å². The fraction of sp³-hybridized carbons (Fsp3) is 0.350. The number of halogens is 1. The highest BCUT2D eigenvalue weighted by Gasteiger charge is 2.03. The van der Waals surface area contributed by atoms with Crippen LogP contribution in [0.15, 0.2) is 48.5 Å². The smallest absolute Gasteiger partial charge is 0.220 e. The van der Waals surface area contributed by atoms with Crippen molar-refractivity contribution in [1.82, 2.24) is 5.32 Å². The summed E-state index contributed by atoms with van der Waals surface area (Å²) in [5.74, 6) is 2.06. The largest absolute Gasteiger partial charge is 0.494 e. The maximum absolute atomic E-state index is 13.4. The average Bonchev–Trinajstić information content (AvgIpc) is 2.61. The lowest BCUT2D eigenvalue weighted by Crippen LogP contribution is -2.25. The molecular formula is C20H24FNO2S. The van der Waals surface area contributed by atoms with Crippen LogP contribution in [-0.4, -0.2) is 24.8 Å². The number of amides is 1. The molecule has 25 heavy (non-hydrogen) atoms. The van der Waals surface area contributed by atoms with Gasteiger partial charge in [-0.25, -0.2) is 4.39 Å². The van der Waals surface area contributed by atoms with Gasteiger partial charge in [-0.3, -0.25) is 4.79 Å². The first-order chi connectivity index (χ1) is 12.1. The van der Waals surface area contributed by atoms with Crippen molar-refractivity contribution in [2.45, 2.75) is 25.5 Å². The van der Waals surface area contributed by atoms with E-state index in [9.17, 15) is 9.18 Å². The van der Waals surface area contributed by atoms with Crippen molar-refractivity contribution in [1.29, 1.82) is 0 Å². The zero-order chi connectivity index (χ0) is 17.9. The molecular weight excluding hydrogens is 337 g/mol. The Kier molecular flexibility index (Phi) is 8.32. The van der Waals surface area contributed by atoms with E-state index in [1.807, 2.05) is 37.3 Å². The van der Waals surface area contributed by atoms with Gasteiger partial charge in [-0.2, -0.15) is 11.8 Å². The lowest BCUT2D eigenvalue weighted by atomic mass is 10.2. The fourth-order valence-electron chi connectivity index (χ4n) is 2.21. The molecule has 2 aromatic carbocycles. The Morgan fingerprint density at radius 2 is 1.92 bits per heavy atom. The molecule has 0 saturated heterocycles. The quantitative estimate of drug-likeness (QED) is 0.640. The van der Waals surface area contributed by atoms with Gasteiger partial charge in [0.05, 0.1) is 6.61 Å². The van der Waals surface area contributed by atoms with Gasteiger partial charge in [-0.1, -0.05) is 35.9 Å². The summed E-state index contributed by atoms with van der Waals surface area (Å²) in [6.45, 7) is 3.15. The van der Waals surface area contributed by atoms with Gasteiger partial charge in [-0.15, -0.1) is 0 Å². The summed E-state index contributed by atoms with van der Waals surface area (Å²) in [4.78, 5) is 11.8. The highest BCUT2D eigenvalue weighted by atomic mass is 32.2. The number of ether oxygens (including phenoxy) is 1. The highest BCUT2D eigenvalue weighted by molar-refractivity contribution is 7.98. The van der Waals surface area contributed by atoms with Crippen LogP contribution in [0.3, 0.4) is 0 Å². The summed E-state index contributed by atoms with van der Waals surface area (Å²) in [5.41, 5.74) is 1.90. The van der Waals surface area contributed by atoms with E-state index in [1.165, 1.54) is 11.6 Å². The molecule has 0 heterocycles. The van der Waals surface area contributed by atoms with Crippen molar-refractivity contribution in [2.24, 2.45) is 0 Å². The van der Waals surface area contributed by atoms with Gasteiger partial charge in [0.25, 0.3) is 0 Å². The molecule has 0 bridgehead atoms. The molecule has 0 fully saturated rings. The minimum absolute atomic E-state index is 0.0268. The van der Waals surface area contributed by atoms with E-state index in [1.54, 1.807) is 23.9 Å². The Bertz CT molecular complexity index is 661. The molecule has 0 aromatic heterocycles. The Labute approximate surface area is 153 Å². The number of thioether (sulfide) groups is 1. The molecule has 2 aromatic rings. The van der Waals surface area contributed by atoms with E-state index in [2.05, 4.69) is 5.32 Å². The maximum Gasteiger partial charge on any atom is 0.220 e. The lowest BCUT2D eigenvalue weighted by molar-refractivity contribution is -0.121. The molecule has 0 aliphatic rings. The lowest BCUT2D eigenvalue weighted by Gasteiger charge is -2.07. The monoisotopic (exact) mass is 361 g/mol. The van der Waals surface area contributed by atoms with Crippen LogP contribution in [0.25, 0.3) is 0 Å². The molecule has 1 amide bonds. The van der Waals surface area contributed by atoms with Gasteiger partial charge in [0.15, 0.2) is 0 Å². The first-order valence-electron chi connectivity index (χ1n) is 8.42. The van der Waals surface area contributed by atoms with Crippen LogP contribution in [-0.2, 0) is 10.5 Å². The standard InChI is InChI=1S/C20H24FNO2S/c1-16-8-10-18(11-9-16)24-13-4-7-20(23)22-12-14-25-15-17-5-2-3-6-19(17)21/h2-3,5-6,8-11H,4,7,12-15H2,1H3,(H,22,23). The highest BCUT2D eigenvalue weighted by Crippen LogP contribution is 2.15. The molecule has 134 valence electrons. The SMILES string of the molecule is Cc1ccc(OCCCC(=O)NCCSCc2ccccc2F)cc1. The second-order valence-electron chi connectivity index (χ2n) is 5.76. The molecule has 2 rings (SSSR count). The second-order valence-corrected chi connectivity index (χ2v) is 6.86. The topological polar surface area (TPSA) is 38.3 Å². The van der Waals surface area contributed by atoms with E-state index in [0.717, 1.165) is 11.5 Å². The van der Waals surface area contributed by atoms with Crippen LogP contribution in [0.5, 0.6) is 5.75 Å². The van der Waals surface area contributed by atoms with Crippen molar-refractivity contribution in [2.75, 3.05) is 18.9 Å². The average molecular weight is 361 g/mol. The Balaban J connectivity index is 1.49. The summed E-state index contributed by atoms with van der Waals surface area (Å²) in [6.07, 6.45) is 1.13. The third-order valence-electron chi connectivity index (χ3n) is 3.62. The molecule has 1 N–H and O–H groups in total.